The van der Waals surface area contributed by atoms with Gasteiger partial charge in [0.05, 0.1) is 22.0 Å². The van der Waals surface area contributed by atoms with Gasteiger partial charge in [-0.1, -0.05) is 66.2 Å². The molecule has 0 bridgehead atoms. The quantitative estimate of drug-likeness (QED) is 0.403. The molecule has 2 heterocycles. The maximum Gasteiger partial charge on any atom is 0.407 e. The van der Waals surface area contributed by atoms with Crippen LogP contribution in [-0.2, 0) is 4.74 Å². The molecule has 38 heavy (non-hydrogen) atoms. The Morgan fingerprint density at radius 2 is 1.71 bits per heavy atom. The fourth-order valence-corrected chi connectivity index (χ4v) is 5.74. The number of hydrogen-bond acceptors (Lipinski definition) is 6. The van der Waals surface area contributed by atoms with Crippen molar-refractivity contribution in [2.75, 3.05) is 37.8 Å². The van der Waals surface area contributed by atoms with E-state index in [-0.39, 0.29) is 18.1 Å². The van der Waals surface area contributed by atoms with E-state index >= 15 is 0 Å². The van der Waals surface area contributed by atoms with Crippen LogP contribution in [0.5, 0.6) is 0 Å². The van der Waals surface area contributed by atoms with E-state index in [0.717, 1.165) is 24.2 Å². The summed E-state index contributed by atoms with van der Waals surface area (Å²) < 4.78 is 7.30. The Kier molecular flexibility index (Phi) is 6.51. The zero-order valence-electron chi connectivity index (χ0n) is 21.0. The Hall–Kier alpha value is -3.88. The lowest BCUT2D eigenvalue weighted by Crippen LogP contribution is -2.54. The summed E-state index contributed by atoms with van der Waals surface area (Å²) in [5.74, 6) is 0.392. The van der Waals surface area contributed by atoms with Gasteiger partial charge in [-0.2, -0.15) is 0 Å². The summed E-state index contributed by atoms with van der Waals surface area (Å²) in [5.41, 5.74) is 4.88. The minimum atomic E-state index is -0.586. The lowest BCUT2D eigenvalue weighted by molar-refractivity contribution is 0.139. The third kappa shape index (κ3) is 4.29. The van der Waals surface area contributed by atoms with Gasteiger partial charge in [-0.15, -0.1) is 0 Å². The molecule has 0 saturated carbocycles. The van der Waals surface area contributed by atoms with Gasteiger partial charge < -0.3 is 20.4 Å². The zero-order chi connectivity index (χ0) is 26.2. The normalized spacial score (nSPS) is 15.7. The van der Waals surface area contributed by atoms with Crippen LogP contribution in [0.25, 0.3) is 22.0 Å². The summed E-state index contributed by atoms with van der Waals surface area (Å²) in [6.45, 7) is 4.74. The highest BCUT2D eigenvalue weighted by atomic mass is 35.5. The number of hydrogen-bond donors (Lipinski definition) is 2. The Morgan fingerprint density at radius 1 is 1.05 bits per heavy atom. The molecule has 1 atom stereocenters. The van der Waals surface area contributed by atoms with Gasteiger partial charge >= 0.3 is 6.09 Å². The van der Waals surface area contributed by atoms with Crippen molar-refractivity contribution in [2.24, 2.45) is 0 Å². The molecular weight excluding hydrogens is 502 g/mol. The summed E-state index contributed by atoms with van der Waals surface area (Å²) in [5, 5.41) is 8.86. The fourth-order valence-electron chi connectivity index (χ4n) is 5.49. The van der Waals surface area contributed by atoms with Gasteiger partial charge in [0.1, 0.15) is 6.61 Å². The van der Waals surface area contributed by atoms with Crippen molar-refractivity contribution in [1.82, 2.24) is 20.3 Å². The van der Waals surface area contributed by atoms with Crippen molar-refractivity contribution < 1.29 is 9.53 Å². The molecule has 194 valence electrons. The number of amides is 1. The number of piperazine rings is 1. The van der Waals surface area contributed by atoms with Crippen molar-refractivity contribution in [3.63, 3.8) is 0 Å². The smallest absolute Gasteiger partial charge is 0.407 e. The maximum absolute atomic E-state index is 13.6. The molecule has 2 aliphatic rings. The standard InChI is InChI=1S/C29H28ClN5O3/c1-18(27-33-25-12-6-11-24(30)26(25)28(36)35(27)34-15-13-31-14-16-34)32-29(37)38-17-23-21-9-4-2-7-19(21)20-8-3-5-10-22(20)23/h2-12,18,23,31H,13-17H2,1H3,(H,32,37)/t18-/m0/s1. The molecule has 2 N–H and O–H groups in total. The number of carbonyl (C=O) groups is 1. The lowest BCUT2D eigenvalue weighted by Gasteiger charge is -2.33. The van der Waals surface area contributed by atoms with E-state index in [1.165, 1.54) is 11.1 Å². The molecule has 1 aromatic heterocycles. The number of alkyl carbamates (subject to hydrolysis) is 1. The molecule has 6 rings (SSSR count). The summed E-state index contributed by atoms with van der Waals surface area (Å²) in [6.07, 6.45) is -0.563. The number of nitrogens with zero attached hydrogens (tertiary/aromatic N) is 3. The molecule has 0 unspecified atom stereocenters. The highest BCUT2D eigenvalue weighted by Gasteiger charge is 2.30. The third-order valence-electron chi connectivity index (χ3n) is 7.29. The van der Waals surface area contributed by atoms with Gasteiger partial charge in [-0.05, 0) is 41.3 Å². The van der Waals surface area contributed by atoms with Gasteiger partial charge in [0, 0.05) is 32.1 Å². The lowest BCUT2D eigenvalue weighted by atomic mass is 9.98. The van der Waals surface area contributed by atoms with Crippen LogP contribution in [0.15, 0.2) is 71.5 Å². The Bertz CT molecular complexity index is 1540. The molecular formula is C29H28ClN5O3. The molecule has 8 nitrogen and oxygen atoms in total. The number of nitrogens with one attached hydrogen (secondary N) is 2. The maximum atomic E-state index is 13.6. The average Bonchev–Trinajstić information content (AvgIpc) is 3.26. The first kappa shape index (κ1) is 24.5. The van der Waals surface area contributed by atoms with Crippen LogP contribution in [0.3, 0.4) is 0 Å². The molecule has 0 spiro atoms. The predicted molar refractivity (Wildman–Crippen MR) is 148 cm³/mol. The summed E-state index contributed by atoms with van der Waals surface area (Å²) in [7, 11) is 0. The highest BCUT2D eigenvalue weighted by molar-refractivity contribution is 6.35. The number of aromatic nitrogens is 2. The summed E-state index contributed by atoms with van der Waals surface area (Å²) >= 11 is 6.39. The number of fused-ring (bicyclic) bond motifs is 4. The van der Waals surface area contributed by atoms with Crippen LogP contribution in [0.4, 0.5) is 4.79 Å². The van der Waals surface area contributed by atoms with Crippen LogP contribution in [0.1, 0.15) is 35.8 Å². The summed E-state index contributed by atoms with van der Waals surface area (Å²) in [6, 6.07) is 21.1. The van der Waals surface area contributed by atoms with E-state index in [1.807, 2.05) is 29.3 Å². The van der Waals surface area contributed by atoms with Gasteiger partial charge in [-0.3, -0.25) is 4.79 Å². The van der Waals surface area contributed by atoms with Crippen molar-refractivity contribution in [1.29, 1.82) is 0 Å². The van der Waals surface area contributed by atoms with Gasteiger partial charge in [0.25, 0.3) is 5.56 Å². The monoisotopic (exact) mass is 529 g/mol. The first-order valence-corrected chi connectivity index (χ1v) is 13.2. The number of carbonyl (C=O) groups excluding carboxylic acids is 1. The second kappa shape index (κ2) is 10.1. The topological polar surface area (TPSA) is 88.5 Å². The molecule has 1 amide bonds. The molecule has 1 saturated heterocycles. The minimum Gasteiger partial charge on any atom is -0.449 e. The van der Waals surface area contributed by atoms with E-state index in [2.05, 4.69) is 34.9 Å². The van der Waals surface area contributed by atoms with E-state index in [0.29, 0.717) is 34.8 Å². The number of rotatable bonds is 5. The molecule has 0 radical (unpaired) electrons. The van der Waals surface area contributed by atoms with Crippen LogP contribution in [0, 0.1) is 0 Å². The van der Waals surface area contributed by atoms with Crippen LogP contribution in [0.2, 0.25) is 5.02 Å². The first-order valence-electron chi connectivity index (χ1n) is 12.8. The van der Waals surface area contributed by atoms with E-state index in [4.69, 9.17) is 21.3 Å². The highest BCUT2D eigenvalue weighted by Crippen LogP contribution is 2.44. The molecule has 1 aliphatic carbocycles. The van der Waals surface area contributed by atoms with Crippen LogP contribution >= 0.6 is 11.6 Å². The number of benzene rings is 3. The van der Waals surface area contributed by atoms with E-state index in [9.17, 15) is 9.59 Å². The molecule has 1 fully saturated rings. The van der Waals surface area contributed by atoms with Gasteiger partial charge in [-0.25, -0.2) is 14.5 Å². The Balaban J connectivity index is 1.25. The molecule has 4 aromatic rings. The van der Waals surface area contributed by atoms with Gasteiger partial charge in [0.2, 0.25) is 0 Å². The Labute approximate surface area is 225 Å². The largest absolute Gasteiger partial charge is 0.449 e. The summed E-state index contributed by atoms with van der Waals surface area (Å²) in [4.78, 5) is 31.4. The number of halogens is 1. The number of ether oxygens (including phenoxy) is 1. The first-order chi connectivity index (χ1) is 18.5. The van der Waals surface area contributed by atoms with E-state index < -0.39 is 12.1 Å². The van der Waals surface area contributed by atoms with Crippen molar-refractivity contribution in [3.05, 3.63) is 99.1 Å². The van der Waals surface area contributed by atoms with Crippen LogP contribution in [-0.4, -0.2) is 48.5 Å². The van der Waals surface area contributed by atoms with Gasteiger partial charge in [0.15, 0.2) is 5.82 Å². The van der Waals surface area contributed by atoms with E-state index in [1.54, 1.807) is 29.8 Å². The Morgan fingerprint density at radius 3 is 2.39 bits per heavy atom. The second-order valence-electron chi connectivity index (χ2n) is 9.62. The fraction of sp³-hybridized carbons (Fsp3) is 0.276. The predicted octanol–water partition coefficient (Wildman–Crippen LogP) is 4.19. The minimum absolute atomic E-state index is 0.0385. The SMILES string of the molecule is C[C@H](NC(=O)OCC1c2ccccc2-c2ccccc21)c1nc2cccc(Cl)c2c(=O)n1N1CCNCC1. The molecule has 3 aromatic carbocycles. The second-order valence-corrected chi connectivity index (χ2v) is 10.0. The average molecular weight is 530 g/mol. The van der Waals surface area contributed by atoms with Crippen molar-refractivity contribution in [2.45, 2.75) is 18.9 Å². The zero-order valence-corrected chi connectivity index (χ0v) is 21.7. The molecule has 9 heteroatoms. The van der Waals surface area contributed by atoms with Crippen molar-refractivity contribution in [3.8, 4) is 11.1 Å². The van der Waals surface area contributed by atoms with Crippen molar-refractivity contribution >= 4 is 28.6 Å². The molecule has 1 aliphatic heterocycles. The van der Waals surface area contributed by atoms with Crippen LogP contribution < -0.4 is 21.2 Å². The third-order valence-corrected chi connectivity index (χ3v) is 7.61.